The molecule has 3 saturated carbocycles. The molecule has 3 unspecified atom stereocenters. The number of pyridine rings is 3. The first-order chi connectivity index (χ1) is 52.2. The van der Waals surface area contributed by atoms with E-state index in [4.69, 9.17) is 124 Å². The number of carbonyl (C=O) groups excluding carboxylic acids is 2. The van der Waals surface area contributed by atoms with E-state index in [1.807, 2.05) is 13.8 Å². The Kier molecular flexibility index (Phi) is 30.0. The van der Waals surface area contributed by atoms with Crippen molar-refractivity contribution < 1.29 is 81.5 Å². The van der Waals surface area contributed by atoms with Gasteiger partial charge in [-0.3, -0.25) is 9.59 Å². The number of nitrogens with two attached hydrogens (primary N) is 1. The van der Waals surface area contributed by atoms with Gasteiger partial charge in [-0.05, 0) is 228 Å². The number of hydrogen-bond donors (Lipinski definition) is 6. The van der Waals surface area contributed by atoms with Crippen LogP contribution in [0.5, 0.6) is 34.5 Å². The maximum absolute atomic E-state index is 13.7. The smallest absolute Gasteiger partial charge is 0.335 e. The summed E-state index contributed by atoms with van der Waals surface area (Å²) in [6.45, 7) is 5.16. The molecule has 18 nitrogen and oxygen atoms in total. The lowest BCUT2D eigenvalue weighted by Gasteiger charge is -2.28. The summed E-state index contributed by atoms with van der Waals surface area (Å²) in [6.07, 6.45) is 7.47. The number of nitrogens with zero attached hydrogens (tertiary/aromatic N) is 3. The zero-order chi connectivity index (χ0) is 78.9. The average Bonchev–Trinajstić information content (AvgIpc) is 1.69. The van der Waals surface area contributed by atoms with Crippen molar-refractivity contribution in [2.75, 3.05) is 54.3 Å². The van der Waals surface area contributed by atoms with Crippen molar-refractivity contribution >= 4 is 87.1 Å². The van der Waals surface area contributed by atoms with E-state index in [2.05, 4.69) is 4.98 Å². The number of aromatic carboxylic acids is 1. The number of ether oxygens (including phenoxy) is 6. The molecule has 109 heavy (non-hydrogen) atoms. The number of carboxylic acid groups (broad SMARTS) is 1. The molecule has 3 aromatic heterocycles. The van der Waals surface area contributed by atoms with Crippen molar-refractivity contribution in [1.82, 2.24) is 15.0 Å². The number of hydrogen-bond acceptors (Lipinski definition) is 17. The number of halogens is 9. The Morgan fingerprint density at radius 3 is 1.02 bits per heavy atom. The van der Waals surface area contributed by atoms with Gasteiger partial charge < -0.3 is 59.7 Å². The summed E-state index contributed by atoms with van der Waals surface area (Å²) in [5, 5.41) is 52.8. The summed E-state index contributed by atoms with van der Waals surface area (Å²) in [4.78, 5) is 50.5. The topological polar surface area (TPSA) is 272 Å². The van der Waals surface area contributed by atoms with E-state index in [0.717, 1.165) is 51.4 Å². The van der Waals surface area contributed by atoms with Crippen molar-refractivity contribution in [3.63, 3.8) is 0 Å². The fraction of sp³-hybridized carbons (Fsp3) is 0.341. The number of benzene rings is 6. The third-order valence-electron chi connectivity index (χ3n) is 18.6. The predicted molar refractivity (Wildman–Crippen MR) is 415 cm³/mol. The normalized spacial score (nSPS) is 14.6. The van der Waals surface area contributed by atoms with E-state index in [1.165, 1.54) is 75.9 Å². The van der Waals surface area contributed by atoms with Gasteiger partial charge in [-0.15, -0.1) is 0 Å². The van der Waals surface area contributed by atoms with Crippen molar-refractivity contribution in [2.45, 2.75) is 108 Å². The maximum Gasteiger partial charge on any atom is 0.335 e. The molecule has 3 fully saturated rings. The Balaban J connectivity index is 0.000000176. The number of methoxy groups -OCH3 is 3. The quantitative estimate of drug-likeness (QED) is 0.0220. The molecule has 7 N–H and O–H groups in total. The van der Waals surface area contributed by atoms with Crippen LogP contribution in [0.1, 0.15) is 139 Å². The molecule has 0 aliphatic heterocycles. The lowest BCUT2D eigenvalue weighted by molar-refractivity contribution is -0.00122. The summed E-state index contributed by atoms with van der Waals surface area (Å²) in [6, 6.07) is 37.3. The molecule has 27 heteroatoms. The molecule has 9 aromatic rings. The highest BCUT2D eigenvalue weighted by atomic mass is 35.5. The second-order valence-corrected chi connectivity index (χ2v) is 28.7. The summed E-state index contributed by atoms with van der Waals surface area (Å²) < 4.78 is 73.3. The molecule has 0 saturated heterocycles. The molecular formula is C82H83Cl6F3N4O14. The highest BCUT2D eigenvalue weighted by Crippen LogP contribution is 2.51. The van der Waals surface area contributed by atoms with Crippen LogP contribution in [0.25, 0.3) is 33.8 Å². The van der Waals surface area contributed by atoms with Crippen LogP contribution in [0.2, 0.25) is 30.1 Å². The van der Waals surface area contributed by atoms with Crippen LogP contribution >= 0.6 is 69.6 Å². The summed E-state index contributed by atoms with van der Waals surface area (Å²) >= 11 is 36.2. The molecule has 6 aromatic carbocycles. The number of aliphatic hydroxyl groups excluding tert-OH is 1. The van der Waals surface area contributed by atoms with Crippen LogP contribution in [0.4, 0.5) is 13.2 Å². The Labute approximate surface area is 660 Å². The van der Waals surface area contributed by atoms with Gasteiger partial charge in [0.2, 0.25) is 0 Å². The number of aliphatic hydroxyl groups is 4. The second-order valence-electron chi connectivity index (χ2n) is 26.3. The van der Waals surface area contributed by atoms with Gasteiger partial charge in [0.15, 0.2) is 11.6 Å². The first kappa shape index (κ1) is 84.7. The number of rotatable bonds is 31. The fourth-order valence-electron chi connectivity index (χ4n) is 12.2. The average molecular weight is 1620 g/mol. The Morgan fingerprint density at radius 1 is 0.431 bits per heavy atom. The lowest BCUT2D eigenvalue weighted by Crippen LogP contribution is -2.38. The Hall–Kier alpha value is -8.29. The standard InChI is InChI=1S/C28H28Cl2FNO4.C27H26Cl2FNO5.C17H18ClFN2O2.C10H11ClO3/c1-3-14-36-24-9-5-17(15-21(24)30)23(33)12-13-28(34,19-6-7-19)26-11-10-25(35-2)27(32-26)18-4-8-22(31)20(29)16-18;1-35-24-8-9-25(31-26(24)17-2-6-21(30)19(28)15-17)27(34,18-4-5-18)11-10-22(33)16-3-7-23(20(29)14-16)36-13-12-32;1-23-14-6-7-15(17(22,9-20)11-3-4-11)21-16(14)10-2-5-13(19)12(18)8-10;1-2-5-14-9-4-3-7(10(12)13)6-8(9)11/h4-5,8-11,15-16,19,34H,3,6-7,12-14H2,1-2H3;2-3,6-9,14-15,18,32,34H,4-5,10-13H2,1H3;2,5-8,11,22H,3-4,9,20H2,1H3;3-4,6H,2,5H2,1H3,(H,12,13). The van der Waals surface area contributed by atoms with E-state index in [9.17, 15) is 42.9 Å². The van der Waals surface area contributed by atoms with Gasteiger partial charge >= 0.3 is 5.97 Å². The summed E-state index contributed by atoms with van der Waals surface area (Å²) in [5.74, 6) is 0.0977. The summed E-state index contributed by atoms with van der Waals surface area (Å²) in [5.41, 5.74) is 7.50. The number of ketones is 2. The van der Waals surface area contributed by atoms with Gasteiger partial charge in [0.25, 0.3) is 0 Å². The van der Waals surface area contributed by atoms with Gasteiger partial charge in [-0.1, -0.05) is 83.5 Å². The van der Waals surface area contributed by atoms with E-state index in [0.29, 0.717) is 120 Å². The monoisotopic (exact) mass is 1610 g/mol. The zero-order valence-corrected chi connectivity index (χ0v) is 64.9. The number of Topliss-reactive ketones (excluding diaryl/α,β-unsaturated/α-hetero) is 2. The molecule has 12 rings (SSSR count). The fourth-order valence-corrected chi connectivity index (χ4v) is 13.4. The minimum Gasteiger partial charge on any atom is -0.494 e. The van der Waals surface area contributed by atoms with E-state index in [1.54, 1.807) is 91.0 Å². The van der Waals surface area contributed by atoms with Crippen LogP contribution in [-0.2, 0) is 16.8 Å². The number of aromatic nitrogens is 3. The molecule has 0 amide bonds. The summed E-state index contributed by atoms with van der Waals surface area (Å²) in [7, 11) is 4.55. The SMILES string of the molecule is CCCOc1ccc(C(=O)CCC(O)(c2ccc(OC)c(-c3ccc(F)c(Cl)c3)n2)C2CC2)cc1Cl.CCCOc1ccc(C(=O)O)cc1Cl.COc1ccc(C(O)(CCC(=O)c2ccc(OCCO)c(Cl)c2)C2CC2)nc1-c1ccc(F)c(Cl)c1.COc1ccc(C(O)(CN)C2CC2)nc1-c1ccc(F)c(Cl)c1. The molecular weight excluding hydrogens is 1530 g/mol. The molecule has 0 radical (unpaired) electrons. The van der Waals surface area contributed by atoms with E-state index in [-0.39, 0.29) is 100 Å². The predicted octanol–water partition coefficient (Wildman–Crippen LogP) is 19.0. The number of carboxylic acids is 1. The molecule has 578 valence electrons. The van der Waals surface area contributed by atoms with Crippen molar-refractivity contribution in [3.8, 4) is 68.3 Å². The molecule has 0 bridgehead atoms. The minimum atomic E-state index is -1.32. The van der Waals surface area contributed by atoms with Crippen LogP contribution in [0.15, 0.2) is 146 Å². The van der Waals surface area contributed by atoms with Crippen LogP contribution < -0.4 is 34.2 Å². The highest BCUT2D eigenvalue weighted by Gasteiger charge is 2.49. The third-order valence-corrected chi connectivity index (χ3v) is 20.4. The minimum absolute atomic E-state index is 0.00744. The van der Waals surface area contributed by atoms with Crippen LogP contribution in [-0.4, -0.2) is 112 Å². The van der Waals surface area contributed by atoms with Crippen LogP contribution in [0, 0.1) is 35.2 Å². The third kappa shape index (κ3) is 21.4. The van der Waals surface area contributed by atoms with Gasteiger partial charge in [0, 0.05) is 47.2 Å². The molecule has 3 heterocycles. The molecule has 0 spiro atoms. The molecule has 3 aliphatic carbocycles. The highest BCUT2D eigenvalue weighted by molar-refractivity contribution is 6.33. The Morgan fingerprint density at radius 2 is 0.734 bits per heavy atom. The van der Waals surface area contributed by atoms with Gasteiger partial charge in [0.05, 0.1) is 93.9 Å². The maximum atomic E-state index is 13.7. The van der Waals surface area contributed by atoms with Gasteiger partial charge in [0.1, 0.15) is 92.4 Å². The first-order valence-corrected chi connectivity index (χ1v) is 37.5. The van der Waals surface area contributed by atoms with Crippen molar-refractivity contribution in [2.24, 2.45) is 23.5 Å². The van der Waals surface area contributed by atoms with Gasteiger partial charge in [-0.25, -0.2) is 32.9 Å². The molecule has 3 atom stereocenters. The largest absolute Gasteiger partial charge is 0.494 e. The lowest BCUT2D eigenvalue weighted by atomic mass is 9.86. The Bertz CT molecular complexity index is 4510. The van der Waals surface area contributed by atoms with Crippen molar-refractivity contribution in [3.05, 3.63) is 227 Å². The molecule has 3 aliphatic rings. The van der Waals surface area contributed by atoms with Crippen molar-refractivity contribution in [1.29, 1.82) is 0 Å². The first-order valence-electron chi connectivity index (χ1n) is 35.2. The van der Waals surface area contributed by atoms with Gasteiger partial charge in [-0.2, -0.15) is 0 Å². The van der Waals surface area contributed by atoms with E-state index < -0.39 is 40.2 Å². The second kappa shape index (κ2) is 38.6. The zero-order valence-electron chi connectivity index (χ0n) is 60.3. The van der Waals surface area contributed by atoms with Crippen LogP contribution in [0.3, 0.4) is 0 Å². The number of carbonyl (C=O) groups is 3. The van der Waals surface area contributed by atoms with E-state index >= 15 is 0 Å².